The van der Waals surface area contributed by atoms with E-state index >= 15 is 0 Å². The van der Waals surface area contributed by atoms with Gasteiger partial charge in [-0.2, -0.15) is 5.26 Å². The van der Waals surface area contributed by atoms with Gasteiger partial charge in [0.25, 0.3) is 0 Å². The van der Waals surface area contributed by atoms with Crippen molar-refractivity contribution >= 4 is 28.6 Å². The van der Waals surface area contributed by atoms with Gasteiger partial charge in [0.2, 0.25) is 0 Å². The molecule has 2 aromatic carbocycles. The van der Waals surface area contributed by atoms with Crippen molar-refractivity contribution in [1.82, 2.24) is 4.98 Å². The molecule has 1 N–H and O–H groups in total. The van der Waals surface area contributed by atoms with Gasteiger partial charge in [-0.15, -0.1) is 11.3 Å². The lowest BCUT2D eigenvalue weighted by Crippen LogP contribution is -2.05. The first-order chi connectivity index (χ1) is 13.1. The third kappa shape index (κ3) is 4.22. The third-order valence-electron chi connectivity index (χ3n) is 3.91. The number of ether oxygens (including phenoxy) is 1. The summed E-state index contributed by atoms with van der Waals surface area (Å²) < 4.78 is 4.78. The molecular formula is C21H17N3O2S. The maximum absolute atomic E-state index is 11.8. The Bertz CT molecular complexity index is 1030. The van der Waals surface area contributed by atoms with Gasteiger partial charge in [-0.25, -0.2) is 9.78 Å². The van der Waals surface area contributed by atoms with Gasteiger partial charge in [-0.1, -0.05) is 42.0 Å². The van der Waals surface area contributed by atoms with Crippen molar-refractivity contribution in [3.05, 3.63) is 76.2 Å². The van der Waals surface area contributed by atoms with Crippen molar-refractivity contribution in [2.45, 2.75) is 6.92 Å². The van der Waals surface area contributed by atoms with Crippen LogP contribution in [-0.4, -0.2) is 18.1 Å². The highest BCUT2D eigenvalue weighted by Gasteiger charge is 2.12. The lowest BCUT2D eigenvalue weighted by atomic mass is 10.1. The minimum absolute atomic E-state index is 0.387. The molecule has 134 valence electrons. The molecule has 0 aliphatic carbocycles. The number of anilines is 1. The van der Waals surface area contributed by atoms with Crippen LogP contribution in [0, 0.1) is 18.3 Å². The van der Waals surface area contributed by atoms with Crippen LogP contribution in [0.15, 0.2) is 60.1 Å². The number of rotatable bonds is 5. The summed E-state index contributed by atoms with van der Waals surface area (Å²) in [6.45, 7) is 2.03. The highest BCUT2D eigenvalue weighted by atomic mass is 32.1. The monoisotopic (exact) mass is 375 g/mol. The van der Waals surface area contributed by atoms with E-state index in [0.29, 0.717) is 21.8 Å². The topological polar surface area (TPSA) is 75.0 Å². The fraction of sp³-hybridized carbons (Fsp3) is 0.0952. The van der Waals surface area contributed by atoms with Crippen molar-refractivity contribution < 1.29 is 9.53 Å². The summed E-state index contributed by atoms with van der Waals surface area (Å²) in [6, 6.07) is 17.2. The smallest absolute Gasteiger partial charge is 0.339 e. The van der Waals surface area contributed by atoms with Gasteiger partial charge >= 0.3 is 5.97 Å². The first kappa shape index (κ1) is 18.4. The Morgan fingerprint density at radius 1 is 1.22 bits per heavy atom. The number of carbonyl (C=O) groups excluding carboxylic acids is 1. The number of thiazole rings is 1. The van der Waals surface area contributed by atoms with E-state index in [9.17, 15) is 10.1 Å². The van der Waals surface area contributed by atoms with Crippen LogP contribution in [0.1, 0.15) is 20.9 Å². The van der Waals surface area contributed by atoms with Crippen molar-refractivity contribution in [2.24, 2.45) is 0 Å². The van der Waals surface area contributed by atoms with Crippen LogP contribution in [-0.2, 0) is 4.74 Å². The van der Waals surface area contributed by atoms with Crippen LogP contribution < -0.4 is 5.32 Å². The van der Waals surface area contributed by atoms with Crippen molar-refractivity contribution in [1.29, 1.82) is 5.26 Å². The van der Waals surface area contributed by atoms with E-state index in [-0.39, 0.29) is 0 Å². The van der Waals surface area contributed by atoms with Gasteiger partial charge in [-0.05, 0) is 19.1 Å². The first-order valence-electron chi connectivity index (χ1n) is 8.19. The fourth-order valence-electron chi connectivity index (χ4n) is 2.44. The Labute approximate surface area is 161 Å². The number of nitriles is 1. The number of methoxy groups -OCH3 is 1. The quantitative estimate of drug-likeness (QED) is 0.508. The van der Waals surface area contributed by atoms with E-state index in [4.69, 9.17) is 4.74 Å². The van der Waals surface area contributed by atoms with Gasteiger partial charge in [0.1, 0.15) is 16.6 Å². The Morgan fingerprint density at radius 3 is 2.67 bits per heavy atom. The van der Waals surface area contributed by atoms with Crippen LogP contribution >= 0.6 is 11.3 Å². The average Bonchev–Trinajstić information content (AvgIpc) is 3.18. The Morgan fingerprint density at radius 2 is 1.96 bits per heavy atom. The number of hydrogen-bond donors (Lipinski definition) is 1. The van der Waals surface area contributed by atoms with E-state index in [0.717, 1.165) is 11.3 Å². The molecule has 5 nitrogen and oxygen atoms in total. The molecule has 0 bridgehead atoms. The number of hydrogen-bond acceptors (Lipinski definition) is 6. The number of para-hydroxylation sites is 1. The van der Waals surface area contributed by atoms with E-state index < -0.39 is 5.97 Å². The molecule has 0 amide bonds. The van der Waals surface area contributed by atoms with Gasteiger partial charge < -0.3 is 10.1 Å². The summed E-state index contributed by atoms with van der Waals surface area (Å²) in [5, 5.41) is 15.1. The standard InChI is InChI=1S/C21H17N3O2S/c1-14-7-9-15(10-8-14)19-13-27-20(24-19)16(11-22)12-23-18-6-4-3-5-17(18)21(25)26-2/h3-10,12-13,23H,1-2H3. The third-order valence-corrected chi connectivity index (χ3v) is 4.78. The molecule has 27 heavy (non-hydrogen) atoms. The highest BCUT2D eigenvalue weighted by molar-refractivity contribution is 7.11. The molecule has 0 aliphatic heterocycles. The number of nitrogens with one attached hydrogen (secondary N) is 1. The summed E-state index contributed by atoms with van der Waals surface area (Å²) in [6.07, 6.45) is 1.56. The number of nitrogens with zero attached hydrogens (tertiary/aromatic N) is 2. The number of aryl methyl sites for hydroxylation is 1. The summed E-state index contributed by atoms with van der Waals surface area (Å²) in [7, 11) is 1.33. The van der Waals surface area contributed by atoms with Crippen molar-refractivity contribution in [3.8, 4) is 17.3 Å². The molecular weight excluding hydrogens is 358 g/mol. The van der Waals surface area contributed by atoms with E-state index in [1.165, 1.54) is 24.0 Å². The lowest BCUT2D eigenvalue weighted by Gasteiger charge is -2.07. The van der Waals surface area contributed by atoms with Gasteiger partial charge in [0.05, 0.1) is 24.1 Å². The zero-order valence-electron chi connectivity index (χ0n) is 14.9. The van der Waals surface area contributed by atoms with E-state index in [2.05, 4.69) is 16.4 Å². The largest absolute Gasteiger partial charge is 0.465 e. The molecule has 0 fully saturated rings. The van der Waals surface area contributed by atoms with Gasteiger partial charge in [-0.3, -0.25) is 0 Å². The Hall–Kier alpha value is -3.43. The van der Waals surface area contributed by atoms with Crippen LogP contribution in [0.2, 0.25) is 0 Å². The van der Waals surface area contributed by atoms with E-state index in [1.807, 2.05) is 36.6 Å². The Balaban J connectivity index is 1.85. The summed E-state index contributed by atoms with van der Waals surface area (Å²) in [5.41, 5.74) is 4.36. The number of esters is 1. The van der Waals surface area contributed by atoms with Crippen LogP contribution in [0.4, 0.5) is 5.69 Å². The summed E-state index contributed by atoms with van der Waals surface area (Å²) in [4.78, 5) is 16.4. The van der Waals surface area contributed by atoms with Gasteiger partial charge in [0.15, 0.2) is 0 Å². The summed E-state index contributed by atoms with van der Waals surface area (Å²) >= 11 is 1.40. The molecule has 0 spiro atoms. The minimum Gasteiger partial charge on any atom is -0.465 e. The second-order valence-corrected chi connectivity index (χ2v) is 6.61. The number of allylic oxidation sites excluding steroid dienone is 1. The minimum atomic E-state index is -0.444. The molecule has 0 radical (unpaired) electrons. The van der Waals surface area contributed by atoms with Gasteiger partial charge in [0, 0.05) is 17.1 Å². The molecule has 3 aromatic rings. The van der Waals surface area contributed by atoms with Crippen molar-refractivity contribution in [2.75, 3.05) is 12.4 Å². The van der Waals surface area contributed by atoms with Crippen molar-refractivity contribution in [3.63, 3.8) is 0 Å². The molecule has 0 saturated heterocycles. The molecule has 1 aromatic heterocycles. The molecule has 0 saturated carbocycles. The summed E-state index contributed by atoms with van der Waals surface area (Å²) in [5.74, 6) is -0.444. The molecule has 0 atom stereocenters. The maximum atomic E-state index is 11.8. The molecule has 0 unspecified atom stereocenters. The second kappa shape index (κ2) is 8.30. The molecule has 1 heterocycles. The maximum Gasteiger partial charge on any atom is 0.339 e. The highest BCUT2D eigenvalue weighted by Crippen LogP contribution is 2.26. The normalized spacial score (nSPS) is 10.9. The number of carbonyl (C=O) groups is 1. The number of aromatic nitrogens is 1. The second-order valence-electron chi connectivity index (χ2n) is 5.76. The predicted molar refractivity (Wildman–Crippen MR) is 107 cm³/mol. The molecule has 3 rings (SSSR count). The average molecular weight is 375 g/mol. The predicted octanol–water partition coefficient (Wildman–Crippen LogP) is 4.88. The Kier molecular flexibility index (Phi) is 5.64. The molecule has 6 heteroatoms. The zero-order valence-corrected chi connectivity index (χ0v) is 15.7. The van der Waals surface area contributed by atoms with Crippen LogP contribution in [0.5, 0.6) is 0 Å². The van der Waals surface area contributed by atoms with Crippen LogP contribution in [0.3, 0.4) is 0 Å². The first-order valence-corrected chi connectivity index (χ1v) is 9.07. The molecule has 0 aliphatic rings. The van der Waals surface area contributed by atoms with Crippen LogP contribution in [0.25, 0.3) is 16.8 Å². The fourth-order valence-corrected chi connectivity index (χ4v) is 3.24. The zero-order chi connectivity index (χ0) is 19.2. The lowest BCUT2D eigenvalue weighted by molar-refractivity contribution is 0.0602. The van der Waals surface area contributed by atoms with E-state index in [1.54, 1.807) is 30.5 Å². The number of benzene rings is 2. The SMILES string of the molecule is COC(=O)c1ccccc1NC=C(C#N)c1nc(-c2ccc(C)cc2)cs1.